The van der Waals surface area contributed by atoms with Crippen molar-refractivity contribution < 1.29 is 24.8 Å². The molecule has 0 amide bonds. The fraction of sp³-hybridized carbons (Fsp3) is 0.256. The van der Waals surface area contributed by atoms with E-state index in [0.29, 0.717) is 0 Å². The largest absolute Gasteiger partial charge is 3.00 e. The van der Waals surface area contributed by atoms with Gasteiger partial charge in [0.1, 0.15) is 0 Å². The van der Waals surface area contributed by atoms with E-state index in [1.807, 2.05) is 41.3 Å². The smallest absolute Gasteiger partial charge is 0.300 e. The molecule has 0 aliphatic heterocycles. The van der Waals surface area contributed by atoms with E-state index >= 15 is 0 Å². The van der Waals surface area contributed by atoms with Gasteiger partial charge in [0.2, 0.25) is 11.7 Å². The van der Waals surface area contributed by atoms with E-state index in [0.717, 1.165) is 39.3 Å². The van der Waals surface area contributed by atoms with E-state index in [9.17, 15) is 0 Å². The first kappa shape index (κ1) is 35.0. The molecular weight excluding hydrogens is 765 g/mol. The number of benzene rings is 3. The van der Waals surface area contributed by atoms with Crippen LogP contribution in [0.4, 0.5) is 0 Å². The Morgan fingerprint density at radius 2 is 1.33 bits per heavy atom. The summed E-state index contributed by atoms with van der Waals surface area (Å²) >= 11 is 0. The van der Waals surface area contributed by atoms with Crippen molar-refractivity contribution in [3.05, 3.63) is 179 Å². The molecule has 0 bridgehead atoms. The number of pyridine rings is 2. The number of rotatable bonds is 7. The van der Waals surface area contributed by atoms with Gasteiger partial charge in [-0.05, 0) is 51.5 Å². The van der Waals surface area contributed by atoms with E-state index in [-0.39, 0.29) is 36.9 Å². The molecule has 3 aromatic carbocycles. The second-order valence-corrected chi connectivity index (χ2v) is 14.4. The molecule has 0 saturated carbocycles. The Labute approximate surface area is 299 Å². The summed E-state index contributed by atoms with van der Waals surface area (Å²) in [6.07, 6.45) is 5.95. The van der Waals surface area contributed by atoms with Crippen LogP contribution >= 0.6 is 0 Å². The van der Waals surface area contributed by atoms with Gasteiger partial charge in [-0.1, -0.05) is 69.5 Å². The summed E-state index contributed by atoms with van der Waals surface area (Å²) in [4.78, 5) is 10.1. The summed E-state index contributed by atoms with van der Waals surface area (Å²) in [6, 6.07) is 45.9. The Hall–Kier alpha value is -4.31. The van der Waals surface area contributed by atoms with E-state index in [1.165, 1.54) is 11.1 Å². The third-order valence-corrected chi connectivity index (χ3v) is 8.91. The standard InChI is InChI=1S/C43H42N4.Ir/c1-41(2,3)34-24-26-44-39(29-34)40(31-16-10-8-11-17-31)38-23-15-22-37(46-38)32-18-14-21-35(28-32)43(7,33-19-12-9-13-20-33)47-30-36(25-27-45-47)42(4,5)6;/h8-16,18-19,21-27,29-30,40H,1-7H3;/q-2;+3/t40-,43?;/m1./s1. The van der Waals surface area contributed by atoms with Gasteiger partial charge in [0, 0.05) is 30.3 Å². The van der Waals surface area contributed by atoms with Crippen molar-refractivity contribution in [2.45, 2.75) is 70.8 Å². The molecule has 0 aliphatic carbocycles. The number of hydrogen-bond donors (Lipinski definition) is 0. The van der Waals surface area contributed by atoms with Crippen LogP contribution in [0, 0.1) is 18.2 Å². The zero-order chi connectivity index (χ0) is 33.2. The Balaban J connectivity index is 0.00000451. The third-order valence-electron chi connectivity index (χ3n) is 8.91. The predicted octanol–water partition coefficient (Wildman–Crippen LogP) is 8.81. The maximum absolute atomic E-state index is 5.28. The summed E-state index contributed by atoms with van der Waals surface area (Å²) in [5.41, 5.74) is 8.36. The maximum atomic E-state index is 5.28. The Kier molecular flexibility index (Phi) is 10.2. The number of nitrogens with zero attached hydrogens (tertiary/aromatic N) is 4. The monoisotopic (exact) mass is 807 g/mol. The molecule has 242 valence electrons. The molecule has 3 aromatic heterocycles. The molecule has 0 saturated heterocycles. The van der Waals surface area contributed by atoms with Crippen molar-refractivity contribution in [2.24, 2.45) is 0 Å². The van der Waals surface area contributed by atoms with Crippen LogP contribution in [0.1, 0.15) is 93.6 Å². The third kappa shape index (κ3) is 7.23. The van der Waals surface area contributed by atoms with Crippen LogP contribution in [0.5, 0.6) is 0 Å². The second kappa shape index (κ2) is 14.0. The normalized spacial score (nSPS) is 13.6. The molecule has 6 aromatic rings. The first-order valence-electron chi connectivity index (χ1n) is 16.2. The first-order valence-corrected chi connectivity index (χ1v) is 16.2. The molecule has 0 aliphatic rings. The Morgan fingerprint density at radius 1 is 0.646 bits per heavy atom. The summed E-state index contributed by atoms with van der Waals surface area (Å²) in [7, 11) is 0. The molecule has 0 N–H and O–H groups in total. The van der Waals surface area contributed by atoms with E-state index in [4.69, 9.17) is 15.1 Å². The van der Waals surface area contributed by atoms with Crippen LogP contribution < -0.4 is 4.68 Å². The van der Waals surface area contributed by atoms with Gasteiger partial charge in [-0.15, -0.1) is 35.4 Å². The van der Waals surface area contributed by atoms with Crippen LogP contribution in [0.25, 0.3) is 11.3 Å². The van der Waals surface area contributed by atoms with Crippen molar-refractivity contribution in [1.82, 2.24) is 15.1 Å². The molecule has 0 radical (unpaired) electrons. The zero-order valence-corrected chi connectivity index (χ0v) is 31.1. The molecule has 1 unspecified atom stereocenters. The SMILES string of the molecule is CC(C)(C)c1ccnc([C@H](c2[c-]cccc2)c2cccc(-c3[c-]c(C(C)(c4[c-]cccc4)[n+]4cc(C(C)(C)C)ccn4)ccc3)n2)c1.[Ir+3]. The fourth-order valence-electron chi connectivity index (χ4n) is 5.96. The molecule has 6 rings (SSSR count). The minimum absolute atomic E-state index is 0. The van der Waals surface area contributed by atoms with Crippen LogP contribution in [-0.4, -0.2) is 15.1 Å². The summed E-state index contributed by atoms with van der Waals surface area (Å²) in [5, 5.41) is 4.86. The molecule has 48 heavy (non-hydrogen) atoms. The van der Waals surface area contributed by atoms with Gasteiger partial charge < -0.3 is 4.98 Å². The van der Waals surface area contributed by atoms with E-state index in [1.54, 1.807) is 0 Å². The van der Waals surface area contributed by atoms with E-state index in [2.05, 4.69) is 152 Å². The molecule has 4 nitrogen and oxygen atoms in total. The zero-order valence-electron chi connectivity index (χ0n) is 28.7. The van der Waals surface area contributed by atoms with Gasteiger partial charge in [0.15, 0.2) is 0 Å². The van der Waals surface area contributed by atoms with Crippen LogP contribution in [0.15, 0.2) is 122 Å². The Bertz CT molecular complexity index is 1980. The van der Waals surface area contributed by atoms with Crippen LogP contribution in [0.2, 0.25) is 0 Å². The molecule has 0 fully saturated rings. The van der Waals surface area contributed by atoms with Crippen molar-refractivity contribution in [3.8, 4) is 11.3 Å². The van der Waals surface area contributed by atoms with Gasteiger partial charge in [0.25, 0.3) is 0 Å². The summed E-state index contributed by atoms with van der Waals surface area (Å²) in [6.45, 7) is 15.5. The minimum Gasteiger partial charge on any atom is -0.300 e. The Morgan fingerprint density at radius 3 is 2.02 bits per heavy atom. The van der Waals surface area contributed by atoms with Gasteiger partial charge >= 0.3 is 20.1 Å². The average molecular weight is 807 g/mol. The van der Waals surface area contributed by atoms with Gasteiger partial charge in [-0.2, -0.15) is 60.7 Å². The molecular formula is C43H42IrN4+. The van der Waals surface area contributed by atoms with Crippen molar-refractivity contribution in [2.75, 3.05) is 0 Å². The molecule has 0 spiro atoms. The maximum Gasteiger partial charge on any atom is 3.00 e. The molecule has 2 atom stereocenters. The van der Waals surface area contributed by atoms with Gasteiger partial charge in [0.05, 0.1) is 11.9 Å². The topological polar surface area (TPSA) is 42.5 Å². The van der Waals surface area contributed by atoms with Crippen LogP contribution in [-0.2, 0) is 36.5 Å². The van der Waals surface area contributed by atoms with Crippen LogP contribution in [0.3, 0.4) is 0 Å². The van der Waals surface area contributed by atoms with Crippen molar-refractivity contribution in [1.29, 1.82) is 0 Å². The minimum atomic E-state index is -0.672. The van der Waals surface area contributed by atoms with Gasteiger partial charge in [-0.25, -0.2) is 0 Å². The van der Waals surface area contributed by atoms with Gasteiger partial charge in [-0.3, -0.25) is 4.98 Å². The fourth-order valence-corrected chi connectivity index (χ4v) is 5.96. The number of hydrogen-bond acceptors (Lipinski definition) is 3. The van der Waals surface area contributed by atoms with E-state index < -0.39 is 5.54 Å². The predicted molar refractivity (Wildman–Crippen MR) is 188 cm³/mol. The summed E-state index contributed by atoms with van der Waals surface area (Å²) in [5.74, 6) is -0.175. The molecule has 5 heteroatoms. The van der Waals surface area contributed by atoms with Crippen molar-refractivity contribution >= 4 is 0 Å². The quantitative estimate of drug-likeness (QED) is 0.120. The first-order chi connectivity index (χ1) is 22.4. The summed E-state index contributed by atoms with van der Waals surface area (Å²) < 4.78 is 2.05. The second-order valence-electron chi connectivity index (χ2n) is 14.4. The average Bonchev–Trinajstić information content (AvgIpc) is 3.08. The molecule has 3 heterocycles. The van der Waals surface area contributed by atoms with Crippen molar-refractivity contribution in [3.63, 3.8) is 0 Å². The number of aromatic nitrogens is 4.